The van der Waals surface area contributed by atoms with Gasteiger partial charge in [-0.25, -0.2) is 9.49 Å². The van der Waals surface area contributed by atoms with Crippen LogP contribution in [-0.4, -0.2) is 27.1 Å². The highest BCUT2D eigenvalue weighted by atomic mass is 19.1. The number of H-pyrrole nitrogens is 2. The smallest absolute Gasteiger partial charge is 0.272 e. The molecule has 2 aromatic carbocycles. The lowest BCUT2D eigenvalue weighted by atomic mass is 9.82. The highest BCUT2D eigenvalue weighted by Gasteiger charge is 2.26. The number of nitrogens with zero attached hydrogens (tertiary/aromatic N) is 1. The predicted octanol–water partition coefficient (Wildman–Crippen LogP) is 4.31. The molecular formula is C24H23FN4O2. The summed E-state index contributed by atoms with van der Waals surface area (Å²) in [5, 5.41) is 12.5. The van der Waals surface area contributed by atoms with E-state index in [0.717, 1.165) is 42.1 Å². The van der Waals surface area contributed by atoms with Crippen molar-refractivity contribution in [1.82, 2.24) is 20.5 Å². The number of halogens is 1. The van der Waals surface area contributed by atoms with Gasteiger partial charge in [0.1, 0.15) is 11.5 Å². The number of carbonyl (C=O) groups excluding carboxylic acids is 1. The van der Waals surface area contributed by atoms with Gasteiger partial charge >= 0.3 is 0 Å². The molecule has 0 unspecified atom stereocenters. The Kier molecular flexibility index (Phi) is 4.81. The first-order chi connectivity index (χ1) is 15.0. The van der Waals surface area contributed by atoms with Crippen molar-refractivity contribution < 1.29 is 9.18 Å². The highest BCUT2D eigenvalue weighted by molar-refractivity contribution is 5.98. The molecule has 0 aliphatic heterocycles. The Labute approximate surface area is 177 Å². The number of benzene rings is 2. The first-order valence-corrected chi connectivity index (χ1v) is 10.6. The van der Waals surface area contributed by atoms with Gasteiger partial charge in [-0.3, -0.25) is 9.59 Å². The SMILES string of the molecule is Cc1c(F)ccc2cc(C(=O)N[C@H]3CC[C@H](c4n[nH]c(=O)c5ccccc54)CC3)[nH]c12. The molecule has 0 saturated heterocycles. The van der Waals surface area contributed by atoms with E-state index in [2.05, 4.69) is 20.5 Å². The Morgan fingerprint density at radius 1 is 1.10 bits per heavy atom. The molecule has 3 N–H and O–H groups in total. The minimum absolute atomic E-state index is 0.0713. The van der Waals surface area contributed by atoms with Crippen molar-refractivity contribution in [3.05, 3.63) is 75.6 Å². The fourth-order valence-electron chi connectivity index (χ4n) is 4.66. The van der Waals surface area contributed by atoms with Gasteiger partial charge in [-0.1, -0.05) is 18.2 Å². The van der Waals surface area contributed by atoms with E-state index in [9.17, 15) is 14.0 Å². The van der Waals surface area contributed by atoms with Crippen LogP contribution in [0.5, 0.6) is 0 Å². The van der Waals surface area contributed by atoms with Gasteiger partial charge < -0.3 is 10.3 Å². The summed E-state index contributed by atoms with van der Waals surface area (Å²) in [5.74, 6) is -0.219. The third-order valence-corrected chi connectivity index (χ3v) is 6.41. The Morgan fingerprint density at radius 3 is 2.61 bits per heavy atom. The van der Waals surface area contributed by atoms with Crippen LogP contribution in [0.15, 0.2) is 47.3 Å². The van der Waals surface area contributed by atoms with Gasteiger partial charge in [-0.15, -0.1) is 0 Å². The molecule has 5 rings (SSSR count). The van der Waals surface area contributed by atoms with Crippen molar-refractivity contribution in [2.75, 3.05) is 0 Å². The number of hydrogen-bond acceptors (Lipinski definition) is 3. The summed E-state index contributed by atoms with van der Waals surface area (Å²) in [7, 11) is 0. The third kappa shape index (κ3) is 3.50. The summed E-state index contributed by atoms with van der Waals surface area (Å²) in [6.07, 6.45) is 3.43. The number of rotatable bonds is 3. The number of amides is 1. The Balaban J connectivity index is 1.28. The molecule has 0 radical (unpaired) electrons. The van der Waals surface area contributed by atoms with E-state index < -0.39 is 0 Å². The first kappa shape index (κ1) is 19.5. The van der Waals surface area contributed by atoms with Crippen molar-refractivity contribution in [3.63, 3.8) is 0 Å². The molecule has 1 amide bonds. The monoisotopic (exact) mass is 418 g/mol. The summed E-state index contributed by atoms with van der Waals surface area (Å²) < 4.78 is 13.8. The van der Waals surface area contributed by atoms with Crippen molar-refractivity contribution >= 4 is 27.6 Å². The van der Waals surface area contributed by atoms with E-state index in [0.29, 0.717) is 22.2 Å². The summed E-state index contributed by atoms with van der Waals surface area (Å²) in [5.41, 5.74) is 2.36. The molecule has 1 aliphatic rings. The maximum Gasteiger partial charge on any atom is 0.272 e. The number of carbonyl (C=O) groups is 1. The molecule has 4 aromatic rings. The lowest BCUT2D eigenvalue weighted by Crippen LogP contribution is -2.37. The topological polar surface area (TPSA) is 90.6 Å². The molecule has 0 atom stereocenters. The molecule has 1 saturated carbocycles. The largest absolute Gasteiger partial charge is 0.350 e. The quantitative estimate of drug-likeness (QED) is 0.463. The normalized spacial score (nSPS) is 19.0. The third-order valence-electron chi connectivity index (χ3n) is 6.41. The van der Waals surface area contributed by atoms with Gasteiger partial charge in [0, 0.05) is 28.3 Å². The van der Waals surface area contributed by atoms with E-state index >= 15 is 0 Å². The lowest BCUT2D eigenvalue weighted by Gasteiger charge is -2.29. The van der Waals surface area contributed by atoms with Crippen LogP contribution >= 0.6 is 0 Å². The Hall–Kier alpha value is -3.48. The first-order valence-electron chi connectivity index (χ1n) is 10.6. The van der Waals surface area contributed by atoms with Crippen molar-refractivity contribution in [3.8, 4) is 0 Å². The fourth-order valence-corrected chi connectivity index (χ4v) is 4.66. The Morgan fingerprint density at radius 2 is 1.84 bits per heavy atom. The summed E-state index contributed by atoms with van der Waals surface area (Å²) in [6, 6.07) is 12.5. The van der Waals surface area contributed by atoms with Crippen LogP contribution in [0.25, 0.3) is 21.7 Å². The van der Waals surface area contributed by atoms with E-state index in [1.165, 1.54) is 6.07 Å². The average molecular weight is 418 g/mol. The number of aromatic amines is 2. The number of aryl methyl sites for hydroxylation is 1. The van der Waals surface area contributed by atoms with Gasteiger partial charge in [0.15, 0.2) is 0 Å². The fraction of sp³-hybridized carbons (Fsp3) is 0.292. The second-order valence-corrected chi connectivity index (χ2v) is 8.33. The van der Waals surface area contributed by atoms with Gasteiger partial charge in [0.25, 0.3) is 11.5 Å². The molecule has 1 fully saturated rings. The number of hydrogen-bond donors (Lipinski definition) is 3. The molecule has 0 bridgehead atoms. The number of nitrogens with one attached hydrogen (secondary N) is 3. The maximum atomic E-state index is 13.8. The van der Waals surface area contributed by atoms with Gasteiger partial charge in [-0.05, 0) is 56.9 Å². The molecular weight excluding hydrogens is 395 g/mol. The van der Waals surface area contributed by atoms with Crippen LogP contribution in [0, 0.1) is 12.7 Å². The molecule has 0 spiro atoms. The summed E-state index contributed by atoms with van der Waals surface area (Å²) in [4.78, 5) is 27.8. The average Bonchev–Trinajstić information content (AvgIpc) is 3.23. The second-order valence-electron chi connectivity index (χ2n) is 8.33. The van der Waals surface area contributed by atoms with Crippen LogP contribution in [-0.2, 0) is 0 Å². The van der Waals surface area contributed by atoms with Crippen LogP contribution in [0.3, 0.4) is 0 Å². The zero-order valence-electron chi connectivity index (χ0n) is 17.2. The van der Waals surface area contributed by atoms with E-state index in [1.807, 2.05) is 24.3 Å². The molecule has 31 heavy (non-hydrogen) atoms. The minimum atomic E-state index is -0.289. The number of fused-ring (bicyclic) bond motifs is 2. The van der Waals surface area contributed by atoms with Crippen LogP contribution in [0.4, 0.5) is 4.39 Å². The van der Waals surface area contributed by atoms with Gasteiger partial charge in [0.2, 0.25) is 0 Å². The van der Waals surface area contributed by atoms with Crippen molar-refractivity contribution in [2.24, 2.45) is 0 Å². The van der Waals surface area contributed by atoms with Crippen LogP contribution < -0.4 is 10.9 Å². The van der Waals surface area contributed by atoms with Crippen molar-refractivity contribution in [1.29, 1.82) is 0 Å². The van der Waals surface area contributed by atoms with Gasteiger partial charge in [-0.2, -0.15) is 5.10 Å². The van der Waals surface area contributed by atoms with E-state index in [-0.39, 0.29) is 29.2 Å². The minimum Gasteiger partial charge on any atom is -0.350 e. The molecule has 2 aromatic heterocycles. The number of aromatic nitrogens is 3. The molecule has 6 nitrogen and oxygen atoms in total. The van der Waals surface area contributed by atoms with Crippen LogP contribution in [0.2, 0.25) is 0 Å². The zero-order valence-corrected chi connectivity index (χ0v) is 17.2. The van der Waals surface area contributed by atoms with Crippen molar-refractivity contribution in [2.45, 2.75) is 44.6 Å². The summed E-state index contributed by atoms with van der Waals surface area (Å²) >= 11 is 0. The summed E-state index contributed by atoms with van der Waals surface area (Å²) in [6.45, 7) is 1.70. The molecule has 1 aliphatic carbocycles. The van der Waals surface area contributed by atoms with Gasteiger partial charge in [0.05, 0.1) is 16.6 Å². The van der Waals surface area contributed by atoms with E-state index in [1.54, 1.807) is 19.1 Å². The second kappa shape index (κ2) is 7.65. The predicted molar refractivity (Wildman–Crippen MR) is 118 cm³/mol. The maximum absolute atomic E-state index is 13.8. The van der Waals surface area contributed by atoms with Crippen LogP contribution in [0.1, 0.15) is 53.3 Å². The van der Waals surface area contributed by atoms with E-state index in [4.69, 9.17) is 0 Å². The molecule has 7 heteroatoms. The molecule has 2 heterocycles. The lowest BCUT2D eigenvalue weighted by molar-refractivity contribution is 0.0921. The zero-order chi connectivity index (χ0) is 21.5. The Bertz CT molecular complexity index is 1350. The molecule has 158 valence electrons. The standard InChI is InChI=1S/C24H23FN4O2/c1-13-19(25)11-8-15-12-20(27-21(13)15)24(31)26-16-9-6-14(7-10-16)22-17-4-2-3-5-18(17)23(30)29-28-22/h2-5,8,11-12,14,16,27H,6-7,9-10H2,1H3,(H,26,31)(H,29,30)/t14-,16-. The highest BCUT2D eigenvalue weighted by Crippen LogP contribution is 2.34.